The highest BCUT2D eigenvalue weighted by atomic mass is 32.2. The molecule has 0 aliphatic carbocycles. The zero-order valence-corrected chi connectivity index (χ0v) is 11.8. The van der Waals surface area contributed by atoms with Crippen LogP contribution in [0.4, 0.5) is 0 Å². The highest BCUT2D eigenvalue weighted by molar-refractivity contribution is 7.99. The maximum Gasteiger partial charge on any atom is 0.172 e. The molecule has 20 heavy (non-hydrogen) atoms. The number of aromatic nitrogens is 3. The lowest BCUT2D eigenvalue weighted by Gasteiger charge is -2.06. The molecule has 0 atom stereocenters. The van der Waals surface area contributed by atoms with Gasteiger partial charge in [0.1, 0.15) is 0 Å². The molecule has 4 heteroatoms. The molecule has 0 bridgehead atoms. The van der Waals surface area contributed by atoms with Gasteiger partial charge in [-0.25, -0.2) is 4.98 Å². The molecule has 0 amide bonds. The van der Waals surface area contributed by atoms with Crippen molar-refractivity contribution in [3.8, 4) is 5.69 Å². The molecule has 2 heterocycles. The van der Waals surface area contributed by atoms with E-state index in [2.05, 4.69) is 38.8 Å². The number of hydrogen-bond donors (Lipinski definition) is 0. The van der Waals surface area contributed by atoms with E-state index >= 15 is 0 Å². The van der Waals surface area contributed by atoms with E-state index < -0.39 is 0 Å². The Kier molecular flexibility index (Phi) is 4.13. The molecule has 0 saturated carbocycles. The molecule has 0 spiro atoms. The number of imidazole rings is 1. The minimum absolute atomic E-state index is 1.01. The summed E-state index contributed by atoms with van der Waals surface area (Å²) in [6.45, 7) is 0. The van der Waals surface area contributed by atoms with Crippen molar-refractivity contribution in [3.05, 3.63) is 72.8 Å². The normalized spacial score (nSPS) is 10.6. The predicted molar refractivity (Wildman–Crippen MR) is 82.2 cm³/mol. The van der Waals surface area contributed by atoms with Crippen LogP contribution in [0.2, 0.25) is 0 Å². The minimum atomic E-state index is 1.01. The van der Waals surface area contributed by atoms with Crippen LogP contribution in [0.1, 0.15) is 5.56 Å². The lowest BCUT2D eigenvalue weighted by Crippen LogP contribution is -1.97. The average Bonchev–Trinajstić information content (AvgIpc) is 2.98. The predicted octanol–water partition coefficient (Wildman–Crippen LogP) is 3.60. The van der Waals surface area contributed by atoms with Crippen molar-refractivity contribution in [2.24, 2.45) is 0 Å². The average molecular weight is 281 g/mol. The number of aryl methyl sites for hydroxylation is 1. The van der Waals surface area contributed by atoms with Crippen LogP contribution in [0.25, 0.3) is 5.69 Å². The molecule has 3 nitrogen and oxygen atoms in total. The van der Waals surface area contributed by atoms with Crippen molar-refractivity contribution < 1.29 is 0 Å². The Morgan fingerprint density at radius 3 is 2.70 bits per heavy atom. The first kappa shape index (κ1) is 12.9. The fourth-order valence-electron chi connectivity index (χ4n) is 1.99. The van der Waals surface area contributed by atoms with Crippen molar-refractivity contribution in [2.45, 2.75) is 11.6 Å². The van der Waals surface area contributed by atoms with E-state index in [4.69, 9.17) is 0 Å². The molecule has 1 aromatic carbocycles. The van der Waals surface area contributed by atoms with Crippen molar-refractivity contribution in [2.75, 3.05) is 5.75 Å². The molecular formula is C16H15N3S. The van der Waals surface area contributed by atoms with Crippen LogP contribution < -0.4 is 0 Å². The molecule has 100 valence electrons. The topological polar surface area (TPSA) is 30.7 Å². The molecule has 0 radical (unpaired) electrons. The lowest BCUT2D eigenvalue weighted by molar-refractivity contribution is 0.887. The number of hydrogen-bond acceptors (Lipinski definition) is 3. The lowest BCUT2D eigenvalue weighted by atomic mass is 10.2. The van der Waals surface area contributed by atoms with Crippen molar-refractivity contribution >= 4 is 11.8 Å². The molecule has 0 N–H and O–H groups in total. The van der Waals surface area contributed by atoms with Gasteiger partial charge in [0.25, 0.3) is 0 Å². The first-order valence-corrected chi connectivity index (χ1v) is 7.52. The summed E-state index contributed by atoms with van der Waals surface area (Å²) in [5, 5.41) is 1.01. The summed E-state index contributed by atoms with van der Waals surface area (Å²) in [5.74, 6) is 1.02. The largest absolute Gasteiger partial charge is 0.293 e. The third kappa shape index (κ3) is 3.08. The van der Waals surface area contributed by atoms with E-state index in [0.29, 0.717) is 0 Å². The Bertz CT molecular complexity index is 650. The van der Waals surface area contributed by atoms with Gasteiger partial charge in [-0.2, -0.15) is 0 Å². The van der Waals surface area contributed by atoms with Crippen molar-refractivity contribution in [1.29, 1.82) is 0 Å². The minimum Gasteiger partial charge on any atom is -0.293 e. The van der Waals surface area contributed by atoms with Gasteiger partial charge in [-0.3, -0.25) is 9.55 Å². The Morgan fingerprint density at radius 1 is 1.00 bits per heavy atom. The Labute approximate surface area is 122 Å². The molecular weight excluding hydrogens is 266 g/mol. The van der Waals surface area contributed by atoms with Crippen molar-refractivity contribution in [1.82, 2.24) is 14.5 Å². The van der Waals surface area contributed by atoms with Gasteiger partial charge in [-0.1, -0.05) is 42.1 Å². The van der Waals surface area contributed by atoms with Gasteiger partial charge < -0.3 is 0 Å². The molecule has 0 saturated heterocycles. The summed E-state index contributed by atoms with van der Waals surface area (Å²) in [4.78, 5) is 8.57. The third-order valence-corrected chi connectivity index (χ3v) is 3.96. The second kappa shape index (κ2) is 6.39. The summed E-state index contributed by atoms with van der Waals surface area (Å²) in [5.41, 5.74) is 2.41. The summed E-state index contributed by atoms with van der Waals surface area (Å²) in [6, 6.07) is 14.5. The summed E-state index contributed by atoms with van der Waals surface area (Å²) in [6.07, 6.45) is 8.48. The van der Waals surface area contributed by atoms with Crippen LogP contribution in [-0.4, -0.2) is 20.3 Å². The fourth-order valence-corrected chi connectivity index (χ4v) is 2.96. The SMILES string of the molecule is c1ccc(CCSc2nccn2-c2cccnc2)cc1. The van der Waals surface area contributed by atoms with Crippen LogP contribution in [-0.2, 0) is 6.42 Å². The van der Waals surface area contributed by atoms with E-state index in [1.807, 2.05) is 36.8 Å². The number of nitrogens with zero attached hydrogens (tertiary/aromatic N) is 3. The molecule has 0 aliphatic rings. The van der Waals surface area contributed by atoms with E-state index in [0.717, 1.165) is 23.0 Å². The first-order chi connectivity index (χ1) is 9.93. The van der Waals surface area contributed by atoms with Crippen LogP contribution >= 0.6 is 11.8 Å². The van der Waals surface area contributed by atoms with Gasteiger partial charge in [-0.05, 0) is 24.1 Å². The van der Waals surface area contributed by atoms with Gasteiger partial charge >= 0.3 is 0 Å². The first-order valence-electron chi connectivity index (χ1n) is 6.54. The molecule has 0 fully saturated rings. The number of thioether (sulfide) groups is 1. The third-order valence-electron chi connectivity index (χ3n) is 3.00. The van der Waals surface area contributed by atoms with Gasteiger partial charge in [-0.15, -0.1) is 0 Å². The standard InChI is InChI=1S/C16H15N3S/c1-2-5-14(6-3-1)8-12-20-16-18-10-11-19(16)15-7-4-9-17-13-15/h1-7,9-11,13H,8,12H2. The summed E-state index contributed by atoms with van der Waals surface area (Å²) < 4.78 is 2.07. The Morgan fingerprint density at radius 2 is 1.90 bits per heavy atom. The molecule has 0 aliphatic heterocycles. The highest BCUT2D eigenvalue weighted by Crippen LogP contribution is 2.20. The Balaban J connectivity index is 1.66. The second-order valence-corrected chi connectivity index (χ2v) is 5.44. The number of rotatable bonds is 5. The molecule has 2 aromatic heterocycles. The van der Waals surface area contributed by atoms with E-state index in [9.17, 15) is 0 Å². The smallest absolute Gasteiger partial charge is 0.172 e. The number of benzene rings is 1. The van der Waals surface area contributed by atoms with Crippen LogP contribution in [0, 0.1) is 0 Å². The maximum absolute atomic E-state index is 4.42. The fraction of sp³-hybridized carbons (Fsp3) is 0.125. The van der Waals surface area contributed by atoms with Crippen LogP contribution in [0.15, 0.2) is 72.4 Å². The van der Waals surface area contributed by atoms with Gasteiger partial charge in [0.15, 0.2) is 5.16 Å². The van der Waals surface area contributed by atoms with Crippen LogP contribution in [0.3, 0.4) is 0 Å². The zero-order valence-electron chi connectivity index (χ0n) is 11.0. The number of pyridine rings is 1. The van der Waals surface area contributed by atoms with Gasteiger partial charge in [0, 0.05) is 24.3 Å². The molecule has 0 unspecified atom stereocenters. The van der Waals surface area contributed by atoms with E-state index in [-0.39, 0.29) is 0 Å². The Hall–Kier alpha value is -2.07. The van der Waals surface area contributed by atoms with Crippen molar-refractivity contribution in [3.63, 3.8) is 0 Å². The van der Waals surface area contributed by atoms with Gasteiger partial charge in [0.2, 0.25) is 0 Å². The summed E-state index contributed by atoms with van der Waals surface area (Å²) >= 11 is 1.77. The molecule has 3 aromatic rings. The zero-order chi connectivity index (χ0) is 13.6. The monoisotopic (exact) mass is 281 g/mol. The maximum atomic E-state index is 4.42. The summed E-state index contributed by atoms with van der Waals surface area (Å²) in [7, 11) is 0. The van der Waals surface area contributed by atoms with Gasteiger partial charge in [0.05, 0.1) is 11.9 Å². The van der Waals surface area contributed by atoms with E-state index in [1.54, 1.807) is 18.0 Å². The highest BCUT2D eigenvalue weighted by Gasteiger charge is 2.05. The van der Waals surface area contributed by atoms with Crippen LogP contribution in [0.5, 0.6) is 0 Å². The quantitative estimate of drug-likeness (QED) is 0.669. The van der Waals surface area contributed by atoms with E-state index in [1.165, 1.54) is 5.56 Å². The second-order valence-electron chi connectivity index (χ2n) is 4.38. The molecule has 3 rings (SSSR count).